The van der Waals surface area contributed by atoms with E-state index in [2.05, 4.69) is 159 Å². The van der Waals surface area contributed by atoms with Gasteiger partial charge < -0.3 is 24.8 Å². The Morgan fingerprint density at radius 3 is 1.43 bits per heavy atom. The van der Waals surface area contributed by atoms with E-state index in [0.717, 1.165) is 6.42 Å². The molecule has 0 spiro atoms. The van der Waals surface area contributed by atoms with Crippen molar-refractivity contribution in [3.8, 4) is 11.1 Å². The number of fused-ring (bicyclic) bond motifs is 3. The van der Waals surface area contributed by atoms with Crippen molar-refractivity contribution in [1.29, 1.82) is 0 Å². The van der Waals surface area contributed by atoms with Gasteiger partial charge in [-0.15, -0.1) is 0 Å². The number of allylic oxidation sites excluding steroid dienone is 4. The molecule has 0 heterocycles. The molecule has 0 saturated heterocycles. The standard InChI is InChI=1S/C23H29.C12H10Si.C5H5.2ClH.Hf/c1-14-9-16-11-17-10-15(2)21(23(6,7)8)13-19(17)18(16)12-20(14)22(3,4)5;1-3-7-11(8-4-1)13-12-9-5-2-6-10-12;1-2-4-5-3-1;;;/h9-13H,1-8H3;1-10H;1-3H,4H2;2*1H;/q;;;;;+2/p-2. The molecule has 2 aliphatic carbocycles. The van der Waals surface area contributed by atoms with E-state index in [1.807, 2.05) is 0 Å². The first kappa shape index (κ1) is 34.9. The Bertz CT molecular complexity index is 1660. The van der Waals surface area contributed by atoms with Gasteiger partial charge in [0.2, 0.25) is 0 Å². The second kappa shape index (κ2) is 13.4. The van der Waals surface area contributed by atoms with Crippen molar-refractivity contribution in [1.82, 2.24) is 0 Å². The van der Waals surface area contributed by atoms with Crippen LogP contribution < -0.4 is 35.2 Å². The van der Waals surface area contributed by atoms with Crippen LogP contribution in [0.25, 0.3) is 11.1 Å². The van der Waals surface area contributed by atoms with E-state index in [4.69, 9.17) is 0 Å². The number of hydrogen-bond donors (Lipinski definition) is 0. The summed E-state index contributed by atoms with van der Waals surface area (Å²) >= 11 is -2.72. The molecule has 0 fully saturated rings. The first-order valence-electron chi connectivity index (χ1n) is 15.5. The van der Waals surface area contributed by atoms with Gasteiger partial charge in [0, 0.05) is 0 Å². The Balaban J connectivity index is 0.00000221. The van der Waals surface area contributed by atoms with Crippen LogP contribution in [-0.2, 0) is 30.9 Å². The molecular formula is C40H44Cl2HfSi. The van der Waals surface area contributed by atoms with Gasteiger partial charge in [-0.3, -0.25) is 0 Å². The topological polar surface area (TPSA) is 0 Å². The van der Waals surface area contributed by atoms with Gasteiger partial charge in [-0.05, 0) is 0 Å². The Hall–Kier alpha value is -1.97. The molecule has 0 saturated carbocycles. The fraction of sp³-hybridized carbons (Fsp3) is 0.300. The third kappa shape index (κ3) is 6.48. The van der Waals surface area contributed by atoms with Gasteiger partial charge in [-0.2, -0.15) is 0 Å². The van der Waals surface area contributed by atoms with E-state index in [1.165, 1.54) is 33.4 Å². The molecule has 0 bridgehead atoms. The van der Waals surface area contributed by atoms with Gasteiger partial charge in [0.15, 0.2) is 0 Å². The van der Waals surface area contributed by atoms with Crippen LogP contribution in [0, 0.1) is 13.8 Å². The molecule has 4 aromatic rings. The molecule has 0 amide bonds. The summed E-state index contributed by atoms with van der Waals surface area (Å²) in [5.74, 6) is 0. The normalized spacial score (nSPS) is 13.7. The van der Waals surface area contributed by atoms with Crippen molar-refractivity contribution in [3.05, 3.63) is 140 Å². The first-order valence-corrected chi connectivity index (χ1v) is 26.2. The zero-order valence-corrected chi connectivity index (χ0v) is 33.5. The maximum absolute atomic E-state index is 2.72. The van der Waals surface area contributed by atoms with Gasteiger partial charge in [-0.25, -0.2) is 0 Å². The molecule has 0 N–H and O–H groups in total. The van der Waals surface area contributed by atoms with Crippen LogP contribution in [0.15, 0.2) is 106 Å². The van der Waals surface area contributed by atoms with Crippen molar-refractivity contribution < 1.29 is 44.9 Å². The number of hydrogen-bond acceptors (Lipinski definition) is 0. The van der Waals surface area contributed by atoms with Gasteiger partial charge in [0.25, 0.3) is 0 Å². The Morgan fingerprint density at radius 1 is 0.636 bits per heavy atom. The summed E-state index contributed by atoms with van der Waals surface area (Å²) in [4.78, 5) is 0. The van der Waals surface area contributed by atoms with E-state index in [0.29, 0.717) is 3.67 Å². The summed E-state index contributed by atoms with van der Waals surface area (Å²) < 4.78 is 2.32. The number of benzene rings is 4. The fourth-order valence-corrected chi connectivity index (χ4v) is 38.4. The summed E-state index contributed by atoms with van der Waals surface area (Å²) in [7, 11) is 0. The van der Waals surface area contributed by atoms with E-state index in [-0.39, 0.29) is 35.6 Å². The molecule has 6 rings (SSSR count). The molecule has 0 nitrogen and oxygen atoms in total. The number of rotatable bonds is 4. The van der Waals surface area contributed by atoms with E-state index in [1.54, 1.807) is 24.8 Å². The Kier molecular flexibility index (Phi) is 10.6. The van der Waals surface area contributed by atoms with Crippen LogP contribution in [0.1, 0.15) is 85.0 Å². The Labute approximate surface area is 286 Å². The average Bonchev–Trinajstić information content (AvgIpc) is 3.57. The zero-order chi connectivity index (χ0) is 29.8. The molecule has 2 aliphatic rings. The van der Waals surface area contributed by atoms with Crippen LogP contribution in [0.4, 0.5) is 0 Å². The van der Waals surface area contributed by atoms with E-state index < -0.39 is 25.6 Å². The maximum Gasteiger partial charge on any atom is -1.00 e. The molecule has 0 aliphatic heterocycles. The molecule has 4 heteroatoms. The summed E-state index contributed by atoms with van der Waals surface area (Å²) in [6, 6.07) is 33.6. The predicted molar refractivity (Wildman–Crippen MR) is 180 cm³/mol. The van der Waals surface area contributed by atoms with Crippen molar-refractivity contribution in [2.45, 2.75) is 76.3 Å². The first-order chi connectivity index (χ1) is 19.9. The van der Waals surface area contributed by atoms with Gasteiger partial charge in [0.05, 0.1) is 0 Å². The summed E-state index contributed by atoms with van der Waals surface area (Å²) in [5.41, 5.74) is 11.3. The van der Waals surface area contributed by atoms with Crippen molar-refractivity contribution in [2.24, 2.45) is 0 Å². The minimum Gasteiger partial charge on any atom is -1.00 e. The SMILES string of the molecule is Cc1cc2c(cc1C(C)(C)C)-c1cc(C(C)(C)C)c(C)cc1[CH]2[Hf+2]([C]1=CC=CC1)=[Si](c1ccccc1)c1ccccc1.[Cl-].[Cl-]. The van der Waals surface area contributed by atoms with Gasteiger partial charge >= 0.3 is 263 Å². The summed E-state index contributed by atoms with van der Waals surface area (Å²) in [6.45, 7) is 18.9. The molecule has 0 atom stereocenters. The van der Waals surface area contributed by atoms with Crippen LogP contribution in [-0.4, -0.2) is 5.49 Å². The molecule has 0 aromatic heterocycles. The summed E-state index contributed by atoms with van der Waals surface area (Å²) in [5, 5.41) is 3.18. The minimum absolute atomic E-state index is 0. The maximum atomic E-state index is 2.62. The van der Waals surface area contributed by atoms with E-state index >= 15 is 0 Å². The van der Waals surface area contributed by atoms with Crippen LogP contribution in [0.5, 0.6) is 0 Å². The van der Waals surface area contributed by atoms with Crippen LogP contribution in [0.2, 0.25) is 0 Å². The van der Waals surface area contributed by atoms with Crippen molar-refractivity contribution >= 4 is 15.9 Å². The average molecular weight is 802 g/mol. The quantitative estimate of drug-likeness (QED) is 0.279. The molecule has 0 radical (unpaired) electrons. The molecular weight excluding hydrogens is 758 g/mol. The van der Waals surface area contributed by atoms with Crippen molar-refractivity contribution in [2.75, 3.05) is 0 Å². The zero-order valence-electron chi connectivity index (χ0n) is 27.4. The largest absolute Gasteiger partial charge is 1.00 e. The molecule has 0 unspecified atom stereocenters. The third-order valence-electron chi connectivity index (χ3n) is 9.12. The molecule has 226 valence electrons. The van der Waals surface area contributed by atoms with E-state index in [9.17, 15) is 0 Å². The monoisotopic (exact) mass is 802 g/mol. The van der Waals surface area contributed by atoms with Crippen molar-refractivity contribution in [3.63, 3.8) is 0 Å². The summed E-state index contributed by atoms with van der Waals surface area (Å²) in [6.07, 6.45) is 8.42. The minimum atomic E-state index is -2.72. The number of halogens is 2. The Morgan fingerprint density at radius 2 is 1.07 bits per heavy atom. The predicted octanol–water partition coefficient (Wildman–Crippen LogP) is 3.24. The van der Waals surface area contributed by atoms with Gasteiger partial charge in [-0.1, -0.05) is 0 Å². The van der Waals surface area contributed by atoms with Crippen LogP contribution >= 0.6 is 0 Å². The molecule has 44 heavy (non-hydrogen) atoms. The third-order valence-corrected chi connectivity index (χ3v) is 36.6. The second-order valence-electron chi connectivity index (χ2n) is 14.3. The van der Waals surface area contributed by atoms with Gasteiger partial charge in [0.1, 0.15) is 0 Å². The number of aryl methyl sites for hydroxylation is 2. The smallest absolute Gasteiger partial charge is 1.00 e. The second-order valence-corrected chi connectivity index (χ2v) is 33.3. The molecule has 4 aromatic carbocycles. The van der Waals surface area contributed by atoms with Crippen LogP contribution in [0.3, 0.4) is 0 Å². The fourth-order valence-electron chi connectivity index (χ4n) is 7.32.